The zero-order chi connectivity index (χ0) is 15.2. The molecule has 0 saturated carbocycles. The highest BCUT2D eigenvalue weighted by Gasteiger charge is 2.33. The van der Waals surface area contributed by atoms with Crippen LogP contribution in [0.4, 0.5) is 0 Å². The van der Waals surface area contributed by atoms with Crippen molar-refractivity contribution in [2.24, 2.45) is 5.92 Å². The van der Waals surface area contributed by atoms with Crippen LogP contribution in [0, 0.1) is 5.92 Å². The van der Waals surface area contributed by atoms with E-state index < -0.39 is 0 Å². The van der Waals surface area contributed by atoms with Gasteiger partial charge in [0, 0.05) is 38.1 Å². The van der Waals surface area contributed by atoms with E-state index in [1.807, 2.05) is 0 Å². The molecule has 2 heteroatoms. The van der Waals surface area contributed by atoms with Gasteiger partial charge in [-0.2, -0.15) is 0 Å². The van der Waals surface area contributed by atoms with E-state index >= 15 is 0 Å². The molecule has 2 nitrogen and oxygen atoms in total. The first-order chi connectivity index (χ1) is 10.9. The van der Waals surface area contributed by atoms with Crippen LogP contribution in [-0.4, -0.2) is 31.2 Å². The molecule has 0 bridgehead atoms. The molecule has 0 spiro atoms. The van der Waals surface area contributed by atoms with E-state index in [0.29, 0.717) is 11.8 Å². The van der Waals surface area contributed by atoms with Gasteiger partial charge >= 0.3 is 0 Å². The summed E-state index contributed by atoms with van der Waals surface area (Å²) in [5.74, 6) is 1.17. The normalized spacial score (nSPS) is 22.0. The zero-order valence-electron chi connectivity index (χ0n) is 13.3. The van der Waals surface area contributed by atoms with Gasteiger partial charge in [-0.25, -0.2) is 0 Å². The molecule has 0 N–H and O–H groups in total. The van der Waals surface area contributed by atoms with Crippen LogP contribution in [0.1, 0.15) is 24.0 Å². The van der Waals surface area contributed by atoms with Crippen molar-refractivity contribution in [1.82, 2.24) is 4.90 Å². The minimum Gasteiger partial charge on any atom is -0.381 e. The highest BCUT2D eigenvalue weighted by molar-refractivity contribution is 5.23. The molecule has 116 valence electrons. The van der Waals surface area contributed by atoms with Gasteiger partial charge < -0.3 is 4.74 Å². The lowest BCUT2D eigenvalue weighted by Crippen LogP contribution is -2.21. The molecule has 3 rings (SSSR count). The molecule has 0 amide bonds. The van der Waals surface area contributed by atoms with E-state index in [9.17, 15) is 0 Å². The van der Waals surface area contributed by atoms with E-state index in [4.69, 9.17) is 4.74 Å². The Morgan fingerprint density at radius 1 is 0.955 bits per heavy atom. The van der Waals surface area contributed by atoms with Gasteiger partial charge in [-0.15, -0.1) is 0 Å². The van der Waals surface area contributed by atoms with Gasteiger partial charge in [0.05, 0.1) is 6.61 Å². The number of hydrogen-bond donors (Lipinski definition) is 0. The summed E-state index contributed by atoms with van der Waals surface area (Å²) in [7, 11) is 0. The number of likely N-dealkylation sites (tertiary alicyclic amines) is 1. The predicted octanol–water partition coefficient (Wildman–Crippen LogP) is 3.94. The highest BCUT2D eigenvalue weighted by atomic mass is 16.5. The molecule has 1 fully saturated rings. The molecule has 22 heavy (non-hydrogen) atoms. The first-order valence-electron chi connectivity index (χ1n) is 8.25. The van der Waals surface area contributed by atoms with E-state index in [0.717, 1.165) is 32.8 Å². The SMILES string of the molecule is CCOC[C@H]1CN(Cc2ccccc2)C[C@@H]1c1ccccc1. The number of ether oxygens (including phenoxy) is 1. The second-order valence-corrected chi connectivity index (χ2v) is 6.12. The molecule has 1 heterocycles. The van der Waals surface area contributed by atoms with Gasteiger partial charge in [0.25, 0.3) is 0 Å². The Morgan fingerprint density at radius 2 is 1.64 bits per heavy atom. The number of nitrogens with zero attached hydrogens (tertiary/aromatic N) is 1. The van der Waals surface area contributed by atoms with Crippen molar-refractivity contribution in [3.05, 3.63) is 71.8 Å². The molecule has 0 aromatic heterocycles. The molecular weight excluding hydrogens is 270 g/mol. The quantitative estimate of drug-likeness (QED) is 0.800. The first kappa shape index (κ1) is 15.3. The minimum atomic E-state index is 0.580. The lowest BCUT2D eigenvalue weighted by molar-refractivity contribution is 0.107. The third-order valence-corrected chi connectivity index (χ3v) is 4.53. The zero-order valence-corrected chi connectivity index (χ0v) is 13.3. The van der Waals surface area contributed by atoms with Crippen LogP contribution in [-0.2, 0) is 11.3 Å². The van der Waals surface area contributed by atoms with Gasteiger partial charge in [0.1, 0.15) is 0 Å². The molecule has 2 aromatic carbocycles. The van der Waals surface area contributed by atoms with Gasteiger partial charge in [0.15, 0.2) is 0 Å². The fraction of sp³-hybridized carbons (Fsp3) is 0.400. The Labute approximate surface area is 133 Å². The Kier molecular flexibility index (Phi) is 5.25. The minimum absolute atomic E-state index is 0.580. The lowest BCUT2D eigenvalue weighted by Gasteiger charge is -2.18. The third kappa shape index (κ3) is 3.76. The van der Waals surface area contributed by atoms with Crippen LogP contribution >= 0.6 is 0 Å². The summed E-state index contributed by atoms with van der Waals surface area (Å²) in [6.07, 6.45) is 0. The molecule has 1 aliphatic rings. The average Bonchev–Trinajstić information content (AvgIpc) is 2.97. The Balaban J connectivity index is 1.70. The van der Waals surface area contributed by atoms with E-state index in [2.05, 4.69) is 72.5 Å². The smallest absolute Gasteiger partial charge is 0.0512 e. The molecule has 1 saturated heterocycles. The number of rotatable bonds is 6. The summed E-state index contributed by atoms with van der Waals surface area (Å²) in [4.78, 5) is 2.57. The maximum Gasteiger partial charge on any atom is 0.0512 e. The molecule has 2 atom stereocenters. The van der Waals surface area contributed by atoms with Crippen LogP contribution in [0.15, 0.2) is 60.7 Å². The van der Waals surface area contributed by atoms with Crippen molar-refractivity contribution in [3.63, 3.8) is 0 Å². The summed E-state index contributed by atoms with van der Waals surface area (Å²) < 4.78 is 5.74. The van der Waals surface area contributed by atoms with Gasteiger partial charge in [-0.3, -0.25) is 4.90 Å². The monoisotopic (exact) mass is 295 g/mol. The standard InChI is InChI=1S/C20H25NO/c1-2-22-16-19-14-21(13-17-9-5-3-6-10-17)15-20(19)18-11-7-4-8-12-18/h3-12,19-20H,2,13-16H2,1H3/t19-,20-/m1/s1. The summed E-state index contributed by atoms with van der Waals surface area (Å²) in [6, 6.07) is 21.7. The summed E-state index contributed by atoms with van der Waals surface area (Å²) in [5, 5.41) is 0. The molecule has 0 unspecified atom stereocenters. The summed E-state index contributed by atoms with van der Waals surface area (Å²) in [5.41, 5.74) is 2.84. The van der Waals surface area contributed by atoms with Crippen LogP contribution in [0.2, 0.25) is 0 Å². The Bertz CT molecular complexity index is 554. The Morgan fingerprint density at radius 3 is 2.32 bits per heavy atom. The van der Waals surface area contributed by atoms with Crippen molar-refractivity contribution >= 4 is 0 Å². The fourth-order valence-corrected chi connectivity index (χ4v) is 3.45. The van der Waals surface area contributed by atoms with Crippen molar-refractivity contribution in [2.75, 3.05) is 26.3 Å². The lowest BCUT2D eigenvalue weighted by atomic mass is 9.89. The first-order valence-corrected chi connectivity index (χ1v) is 8.25. The fourth-order valence-electron chi connectivity index (χ4n) is 3.45. The van der Waals surface area contributed by atoms with Crippen LogP contribution < -0.4 is 0 Å². The van der Waals surface area contributed by atoms with Crippen LogP contribution in [0.5, 0.6) is 0 Å². The van der Waals surface area contributed by atoms with Crippen molar-refractivity contribution in [3.8, 4) is 0 Å². The number of hydrogen-bond acceptors (Lipinski definition) is 2. The van der Waals surface area contributed by atoms with E-state index in [1.165, 1.54) is 11.1 Å². The predicted molar refractivity (Wildman–Crippen MR) is 90.9 cm³/mol. The summed E-state index contributed by atoms with van der Waals surface area (Å²) in [6.45, 7) is 7.02. The number of benzene rings is 2. The third-order valence-electron chi connectivity index (χ3n) is 4.53. The second-order valence-electron chi connectivity index (χ2n) is 6.12. The summed E-state index contributed by atoms with van der Waals surface area (Å²) >= 11 is 0. The van der Waals surface area contributed by atoms with Gasteiger partial charge in [-0.1, -0.05) is 60.7 Å². The van der Waals surface area contributed by atoms with Gasteiger partial charge in [-0.05, 0) is 18.1 Å². The topological polar surface area (TPSA) is 12.5 Å². The van der Waals surface area contributed by atoms with Crippen molar-refractivity contribution in [2.45, 2.75) is 19.4 Å². The Hall–Kier alpha value is -1.64. The molecule has 1 aliphatic heterocycles. The average molecular weight is 295 g/mol. The molecule has 2 aromatic rings. The maximum atomic E-state index is 5.74. The highest BCUT2D eigenvalue weighted by Crippen LogP contribution is 2.33. The van der Waals surface area contributed by atoms with Crippen molar-refractivity contribution < 1.29 is 4.74 Å². The van der Waals surface area contributed by atoms with E-state index in [1.54, 1.807) is 0 Å². The van der Waals surface area contributed by atoms with Crippen molar-refractivity contribution in [1.29, 1.82) is 0 Å². The van der Waals surface area contributed by atoms with E-state index in [-0.39, 0.29) is 0 Å². The molecular formula is C20H25NO. The largest absolute Gasteiger partial charge is 0.381 e. The maximum absolute atomic E-state index is 5.74. The second kappa shape index (κ2) is 7.57. The van der Waals surface area contributed by atoms with Crippen LogP contribution in [0.3, 0.4) is 0 Å². The molecule has 0 aliphatic carbocycles. The van der Waals surface area contributed by atoms with Crippen LogP contribution in [0.25, 0.3) is 0 Å². The molecule has 0 radical (unpaired) electrons. The van der Waals surface area contributed by atoms with Gasteiger partial charge in [0.2, 0.25) is 0 Å².